The zero-order chi connectivity index (χ0) is 13.1. The van der Waals surface area contributed by atoms with E-state index in [1.165, 1.54) is 4.68 Å². The van der Waals surface area contributed by atoms with Crippen LogP contribution in [-0.4, -0.2) is 37.8 Å². The van der Waals surface area contributed by atoms with Gasteiger partial charge in [-0.25, -0.2) is 9.48 Å². The molecule has 2 N–H and O–H groups in total. The van der Waals surface area contributed by atoms with Crippen LogP contribution in [0.5, 0.6) is 0 Å². The molecule has 0 radical (unpaired) electrons. The second kappa shape index (κ2) is 5.28. The van der Waals surface area contributed by atoms with Crippen LogP contribution in [0.3, 0.4) is 0 Å². The molecule has 0 bridgehead atoms. The van der Waals surface area contributed by atoms with Crippen molar-refractivity contribution in [2.75, 3.05) is 6.61 Å². The van der Waals surface area contributed by atoms with Crippen LogP contribution in [0.4, 0.5) is 0 Å². The summed E-state index contributed by atoms with van der Waals surface area (Å²) >= 11 is 3.31. The minimum absolute atomic E-state index is 0.120. The Morgan fingerprint density at radius 1 is 1.33 bits per heavy atom. The number of carboxylic acid groups (broad SMARTS) is 1. The predicted molar refractivity (Wildman–Crippen MR) is 67.2 cm³/mol. The first-order valence-electron chi connectivity index (χ1n) is 5.17. The smallest absolute Gasteiger partial charge is 0.358 e. The molecule has 94 valence electrons. The number of benzene rings is 1. The highest BCUT2D eigenvalue weighted by atomic mass is 79.9. The number of aliphatic hydroxyl groups excluding tert-OH is 1. The molecular formula is C11H10BrN3O3. The molecule has 6 nitrogen and oxygen atoms in total. The van der Waals surface area contributed by atoms with Crippen LogP contribution in [0.1, 0.15) is 10.5 Å². The third kappa shape index (κ3) is 2.41. The lowest BCUT2D eigenvalue weighted by Crippen LogP contribution is -2.07. The number of carbonyl (C=O) groups is 1. The summed E-state index contributed by atoms with van der Waals surface area (Å²) < 4.78 is 2.27. The summed E-state index contributed by atoms with van der Waals surface area (Å²) in [6.45, 7) is 0.0671. The molecule has 0 saturated carbocycles. The first-order valence-corrected chi connectivity index (χ1v) is 5.96. The molecule has 18 heavy (non-hydrogen) atoms. The number of nitrogens with zero attached hydrogens (tertiary/aromatic N) is 3. The van der Waals surface area contributed by atoms with Gasteiger partial charge >= 0.3 is 5.97 Å². The zero-order valence-electron chi connectivity index (χ0n) is 9.25. The Morgan fingerprint density at radius 2 is 2.00 bits per heavy atom. The van der Waals surface area contributed by atoms with Crippen LogP contribution < -0.4 is 0 Å². The molecule has 0 spiro atoms. The van der Waals surface area contributed by atoms with Gasteiger partial charge in [-0.3, -0.25) is 0 Å². The molecular weight excluding hydrogens is 302 g/mol. The Bertz CT molecular complexity index is 565. The zero-order valence-corrected chi connectivity index (χ0v) is 10.8. The maximum absolute atomic E-state index is 11.1. The number of halogens is 1. The first kappa shape index (κ1) is 12.7. The van der Waals surface area contributed by atoms with Gasteiger partial charge in [0.05, 0.1) is 13.2 Å². The van der Waals surface area contributed by atoms with E-state index in [-0.39, 0.29) is 18.8 Å². The standard InChI is InChI=1S/C11H10BrN3O3/c12-8-3-1-7(2-4-8)10-9(11(17)18)13-14-15(10)5-6-16/h1-4,16H,5-6H2,(H,17,18). The van der Waals surface area contributed by atoms with Gasteiger partial charge in [0.1, 0.15) is 5.69 Å². The van der Waals surface area contributed by atoms with E-state index in [9.17, 15) is 4.79 Å². The van der Waals surface area contributed by atoms with E-state index in [0.29, 0.717) is 11.3 Å². The Kier molecular flexibility index (Phi) is 3.73. The average Bonchev–Trinajstić information content (AvgIpc) is 2.75. The number of aromatic nitrogens is 3. The largest absolute Gasteiger partial charge is 0.476 e. The fourth-order valence-electron chi connectivity index (χ4n) is 1.60. The Balaban J connectivity index is 2.55. The minimum Gasteiger partial charge on any atom is -0.476 e. The molecule has 2 aromatic rings. The molecule has 1 aromatic heterocycles. The summed E-state index contributed by atoms with van der Waals surface area (Å²) in [5.74, 6) is -1.14. The normalized spacial score (nSPS) is 10.6. The summed E-state index contributed by atoms with van der Waals surface area (Å²) in [4.78, 5) is 11.1. The van der Waals surface area contributed by atoms with Crippen molar-refractivity contribution in [2.24, 2.45) is 0 Å². The van der Waals surface area contributed by atoms with Gasteiger partial charge in [-0.2, -0.15) is 0 Å². The van der Waals surface area contributed by atoms with E-state index >= 15 is 0 Å². The fraction of sp³-hybridized carbons (Fsp3) is 0.182. The van der Waals surface area contributed by atoms with E-state index in [0.717, 1.165) is 4.47 Å². The third-order valence-electron chi connectivity index (χ3n) is 2.37. The Labute approximate surface area is 111 Å². The average molecular weight is 312 g/mol. The maximum atomic E-state index is 11.1. The molecule has 0 amide bonds. The fourth-order valence-corrected chi connectivity index (χ4v) is 1.87. The van der Waals surface area contributed by atoms with Gasteiger partial charge in [-0.1, -0.05) is 33.3 Å². The van der Waals surface area contributed by atoms with Gasteiger partial charge in [0.15, 0.2) is 5.69 Å². The molecule has 0 fully saturated rings. The summed E-state index contributed by atoms with van der Waals surface area (Å²) in [6.07, 6.45) is 0. The summed E-state index contributed by atoms with van der Waals surface area (Å²) in [5.41, 5.74) is 0.962. The Morgan fingerprint density at radius 3 is 2.56 bits per heavy atom. The van der Waals surface area contributed by atoms with Crippen molar-refractivity contribution in [1.29, 1.82) is 0 Å². The highest BCUT2D eigenvalue weighted by molar-refractivity contribution is 9.10. The van der Waals surface area contributed by atoms with E-state index in [1.807, 2.05) is 0 Å². The van der Waals surface area contributed by atoms with Crippen molar-refractivity contribution in [3.8, 4) is 11.3 Å². The second-order valence-corrected chi connectivity index (χ2v) is 4.46. The number of rotatable bonds is 4. The first-order chi connectivity index (χ1) is 8.63. The van der Waals surface area contributed by atoms with Crippen LogP contribution in [0.2, 0.25) is 0 Å². The van der Waals surface area contributed by atoms with E-state index in [1.54, 1.807) is 24.3 Å². The predicted octanol–water partition coefficient (Wildman–Crippen LogP) is 1.40. The molecule has 2 rings (SSSR count). The van der Waals surface area contributed by atoms with E-state index < -0.39 is 5.97 Å². The summed E-state index contributed by atoms with van der Waals surface area (Å²) in [5, 5.41) is 25.4. The van der Waals surface area contributed by atoms with Crippen LogP contribution in [0.15, 0.2) is 28.7 Å². The van der Waals surface area contributed by atoms with Crippen LogP contribution in [0.25, 0.3) is 11.3 Å². The molecule has 1 aromatic carbocycles. The molecule has 0 unspecified atom stereocenters. The van der Waals surface area contributed by atoms with Gasteiger partial charge in [-0.05, 0) is 12.1 Å². The molecule has 0 atom stereocenters. The van der Waals surface area contributed by atoms with Gasteiger partial charge in [-0.15, -0.1) is 5.10 Å². The lowest BCUT2D eigenvalue weighted by molar-refractivity contribution is 0.0691. The second-order valence-electron chi connectivity index (χ2n) is 3.55. The van der Waals surface area contributed by atoms with Crippen molar-refractivity contribution in [2.45, 2.75) is 6.54 Å². The maximum Gasteiger partial charge on any atom is 0.358 e. The van der Waals surface area contributed by atoms with Gasteiger partial charge in [0.25, 0.3) is 0 Å². The molecule has 0 saturated heterocycles. The minimum atomic E-state index is -1.14. The quantitative estimate of drug-likeness (QED) is 0.891. The van der Waals surface area contributed by atoms with Crippen molar-refractivity contribution >= 4 is 21.9 Å². The van der Waals surface area contributed by atoms with Crippen LogP contribution in [-0.2, 0) is 6.54 Å². The van der Waals surface area contributed by atoms with E-state index in [4.69, 9.17) is 10.2 Å². The van der Waals surface area contributed by atoms with Crippen molar-refractivity contribution in [3.63, 3.8) is 0 Å². The van der Waals surface area contributed by atoms with Crippen molar-refractivity contribution in [1.82, 2.24) is 15.0 Å². The van der Waals surface area contributed by atoms with Crippen LogP contribution >= 0.6 is 15.9 Å². The highest BCUT2D eigenvalue weighted by Gasteiger charge is 2.20. The van der Waals surface area contributed by atoms with Crippen molar-refractivity contribution < 1.29 is 15.0 Å². The lowest BCUT2D eigenvalue weighted by Gasteiger charge is -2.05. The number of hydrogen-bond acceptors (Lipinski definition) is 4. The van der Waals surface area contributed by atoms with Gasteiger partial charge in [0.2, 0.25) is 0 Å². The van der Waals surface area contributed by atoms with Crippen LogP contribution in [0, 0.1) is 0 Å². The molecule has 0 aliphatic rings. The SMILES string of the molecule is O=C(O)c1nnn(CCO)c1-c1ccc(Br)cc1. The highest BCUT2D eigenvalue weighted by Crippen LogP contribution is 2.24. The topological polar surface area (TPSA) is 88.2 Å². The summed E-state index contributed by atoms with van der Waals surface area (Å²) in [7, 11) is 0. The number of hydrogen-bond donors (Lipinski definition) is 2. The summed E-state index contributed by atoms with van der Waals surface area (Å²) in [6, 6.07) is 7.14. The molecule has 1 heterocycles. The van der Waals surface area contributed by atoms with Gasteiger partial charge in [0, 0.05) is 10.0 Å². The number of carboxylic acids is 1. The number of aliphatic hydroxyl groups is 1. The lowest BCUT2D eigenvalue weighted by atomic mass is 10.1. The number of aromatic carboxylic acids is 1. The molecule has 0 aliphatic heterocycles. The Hall–Kier alpha value is -1.73. The van der Waals surface area contributed by atoms with Gasteiger partial charge < -0.3 is 10.2 Å². The third-order valence-corrected chi connectivity index (χ3v) is 2.90. The van der Waals surface area contributed by atoms with E-state index in [2.05, 4.69) is 26.2 Å². The monoisotopic (exact) mass is 311 g/mol. The molecule has 0 aliphatic carbocycles. The molecule has 7 heteroatoms. The van der Waals surface area contributed by atoms with Crippen molar-refractivity contribution in [3.05, 3.63) is 34.4 Å².